The number of hydrogen-bond acceptors (Lipinski definition) is 4. The molecule has 6 rings (SSSR count). The van der Waals surface area contributed by atoms with E-state index >= 15 is 0 Å². The number of halogens is 1. The minimum atomic E-state index is -0.508. The molecule has 0 bridgehead atoms. The molecule has 5 nitrogen and oxygen atoms in total. The van der Waals surface area contributed by atoms with E-state index in [0.29, 0.717) is 34.3 Å². The van der Waals surface area contributed by atoms with Crippen molar-refractivity contribution in [1.29, 1.82) is 0 Å². The van der Waals surface area contributed by atoms with E-state index < -0.39 is 11.8 Å². The number of benzene rings is 5. The van der Waals surface area contributed by atoms with Crippen LogP contribution >= 0.6 is 23.8 Å². The molecule has 5 aromatic rings. The lowest BCUT2D eigenvalue weighted by Crippen LogP contribution is -2.56. The van der Waals surface area contributed by atoms with Gasteiger partial charge in [0, 0.05) is 5.56 Å². The minimum absolute atomic E-state index is 0.0348. The SMILES string of the molecule is Cc1ccc2ccccc2c1COc1ccc(C=C2C(=O)N(c3ccccc3)C(=S)N(c3ccccc3)C2=O)cc1Cl. The third-order valence-electron chi connectivity index (χ3n) is 7.19. The summed E-state index contributed by atoms with van der Waals surface area (Å²) in [6.45, 7) is 2.41. The number of hydrogen-bond donors (Lipinski definition) is 0. The van der Waals surface area contributed by atoms with Crippen molar-refractivity contribution in [1.82, 2.24) is 0 Å². The molecule has 1 aliphatic heterocycles. The highest BCUT2D eigenvalue weighted by Crippen LogP contribution is 2.32. The summed E-state index contributed by atoms with van der Waals surface area (Å²) >= 11 is 12.3. The Balaban J connectivity index is 1.32. The number of carbonyl (C=O) groups excluding carboxylic acids is 2. The average Bonchev–Trinajstić information content (AvgIpc) is 3.01. The summed E-state index contributed by atoms with van der Waals surface area (Å²) in [5.74, 6) is -0.511. The first kappa shape index (κ1) is 27.4. The Morgan fingerprint density at radius 3 is 1.98 bits per heavy atom. The van der Waals surface area contributed by atoms with E-state index in [1.165, 1.54) is 9.80 Å². The first-order valence-corrected chi connectivity index (χ1v) is 14.2. The van der Waals surface area contributed by atoms with Crippen LogP contribution in [0.2, 0.25) is 5.02 Å². The first-order valence-electron chi connectivity index (χ1n) is 13.4. The van der Waals surface area contributed by atoms with Gasteiger partial charge in [-0.3, -0.25) is 19.4 Å². The van der Waals surface area contributed by atoms with Crippen molar-refractivity contribution in [3.05, 3.63) is 143 Å². The van der Waals surface area contributed by atoms with Crippen LogP contribution in [-0.2, 0) is 16.2 Å². The number of aryl methyl sites for hydroxylation is 1. The third-order valence-corrected chi connectivity index (χ3v) is 7.85. The number of fused-ring (bicyclic) bond motifs is 1. The van der Waals surface area contributed by atoms with Crippen LogP contribution in [0.1, 0.15) is 16.7 Å². The summed E-state index contributed by atoms with van der Waals surface area (Å²) in [6, 6.07) is 35.7. The van der Waals surface area contributed by atoms with Crippen LogP contribution in [-0.4, -0.2) is 16.9 Å². The zero-order valence-electron chi connectivity index (χ0n) is 22.7. The van der Waals surface area contributed by atoms with Crippen LogP contribution in [0, 0.1) is 6.92 Å². The Morgan fingerprint density at radius 2 is 1.36 bits per heavy atom. The van der Waals surface area contributed by atoms with Gasteiger partial charge >= 0.3 is 0 Å². The van der Waals surface area contributed by atoms with Crippen molar-refractivity contribution in [3.63, 3.8) is 0 Å². The van der Waals surface area contributed by atoms with Gasteiger partial charge in [-0.1, -0.05) is 90.5 Å². The van der Waals surface area contributed by atoms with E-state index in [4.69, 9.17) is 28.6 Å². The van der Waals surface area contributed by atoms with Crippen LogP contribution in [0.25, 0.3) is 16.8 Å². The number of carbonyl (C=O) groups is 2. The summed E-state index contributed by atoms with van der Waals surface area (Å²) in [4.78, 5) is 30.2. The maximum atomic E-state index is 13.7. The van der Waals surface area contributed by atoms with E-state index in [1.54, 1.807) is 48.5 Å². The fraction of sp³-hybridized carbons (Fsp3) is 0.0571. The zero-order valence-corrected chi connectivity index (χ0v) is 24.2. The Kier molecular flexibility index (Phi) is 7.57. The molecular weight excluding hydrogens is 564 g/mol. The van der Waals surface area contributed by atoms with Crippen molar-refractivity contribution >= 4 is 69.0 Å². The third kappa shape index (κ3) is 5.18. The molecule has 0 unspecified atom stereocenters. The summed E-state index contributed by atoms with van der Waals surface area (Å²) in [5.41, 5.74) is 3.90. The van der Waals surface area contributed by atoms with Gasteiger partial charge < -0.3 is 4.74 Å². The van der Waals surface area contributed by atoms with Crippen LogP contribution in [0.5, 0.6) is 5.75 Å². The summed E-state index contributed by atoms with van der Waals surface area (Å²) in [6.07, 6.45) is 1.54. The number of anilines is 2. The quantitative estimate of drug-likeness (QED) is 0.114. The molecule has 0 atom stereocenters. The number of ether oxygens (including phenoxy) is 1. The van der Waals surface area contributed by atoms with Crippen molar-refractivity contribution in [3.8, 4) is 5.75 Å². The van der Waals surface area contributed by atoms with Gasteiger partial charge in [-0.25, -0.2) is 0 Å². The molecule has 1 aliphatic rings. The number of para-hydroxylation sites is 2. The number of nitrogens with zero attached hydrogens (tertiary/aromatic N) is 2. The lowest BCUT2D eigenvalue weighted by molar-refractivity contribution is -0.120. The highest BCUT2D eigenvalue weighted by Gasteiger charge is 2.41. The molecule has 1 heterocycles. The van der Waals surface area contributed by atoms with Gasteiger partial charge in [0.1, 0.15) is 17.9 Å². The van der Waals surface area contributed by atoms with Gasteiger partial charge in [0.2, 0.25) is 0 Å². The monoisotopic (exact) mass is 588 g/mol. The molecule has 0 saturated carbocycles. The summed E-state index contributed by atoms with van der Waals surface area (Å²) in [7, 11) is 0. The van der Waals surface area contributed by atoms with Crippen LogP contribution in [0.15, 0.2) is 121 Å². The normalized spacial score (nSPS) is 13.6. The Hall–Kier alpha value is -4.78. The molecule has 5 aromatic carbocycles. The second-order valence-electron chi connectivity index (χ2n) is 9.85. The van der Waals surface area contributed by atoms with Crippen molar-refractivity contribution < 1.29 is 14.3 Å². The molecule has 1 saturated heterocycles. The van der Waals surface area contributed by atoms with Crippen LogP contribution in [0.4, 0.5) is 11.4 Å². The summed E-state index contributed by atoms with van der Waals surface area (Å²) < 4.78 is 6.14. The zero-order chi connectivity index (χ0) is 29.2. The molecule has 0 radical (unpaired) electrons. The number of amides is 2. The molecule has 0 N–H and O–H groups in total. The van der Waals surface area contributed by atoms with E-state index in [-0.39, 0.29) is 10.7 Å². The van der Waals surface area contributed by atoms with Gasteiger partial charge in [-0.05, 0) is 83.5 Å². The highest BCUT2D eigenvalue weighted by molar-refractivity contribution is 7.81. The molecule has 0 aromatic heterocycles. The Labute approximate surface area is 254 Å². The molecule has 1 fully saturated rings. The minimum Gasteiger partial charge on any atom is -0.487 e. The standard InChI is InChI=1S/C35H25ClN2O3S/c1-23-16-18-25-10-8-9-15-28(25)30(23)22-41-32-19-17-24(21-31(32)36)20-29-33(39)37(26-11-4-2-5-12-26)35(42)38(34(29)40)27-13-6-3-7-14-27/h2-21H,22H2,1H3. The topological polar surface area (TPSA) is 49.9 Å². The first-order chi connectivity index (χ1) is 20.4. The van der Waals surface area contributed by atoms with Gasteiger partial charge in [-0.15, -0.1) is 0 Å². The highest BCUT2D eigenvalue weighted by atomic mass is 35.5. The lowest BCUT2D eigenvalue weighted by Gasteiger charge is -2.36. The van der Waals surface area contributed by atoms with Crippen LogP contribution < -0.4 is 14.5 Å². The molecule has 0 spiro atoms. The predicted molar refractivity (Wildman–Crippen MR) is 173 cm³/mol. The smallest absolute Gasteiger partial charge is 0.270 e. The van der Waals surface area contributed by atoms with Crippen LogP contribution in [0.3, 0.4) is 0 Å². The second kappa shape index (κ2) is 11.6. The van der Waals surface area contributed by atoms with E-state index in [0.717, 1.165) is 21.9 Å². The summed E-state index contributed by atoms with van der Waals surface area (Å²) in [5, 5.41) is 2.73. The van der Waals surface area contributed by atoms with E-state index in [1.807, 2.05) is 48.5 Å². The van der Waals surface area contributed by atoms with Gasteiger partial charge in [-0.2, -0.15) is 0 Å². The molecule has 0 aliphatic carbocycles. The maximum Gasteiger partial charge on any atom is 0.270 e. The molecule has 7 heteroatoms. The van der Waals surface area contributed by atoms with Crippen molar-refractivity contribution in [2.75, 3.05) is 9.80 Å². The molecule has 206 valence electrons. The molecule has 42 heavy (non-hydrogen) atoms. The Bertz CT molecular complexity index is 1810. The Morgan fingerprint density at radius 1 is 0.762 bits per heavy atom. The predicted octanol–water partition coefficient (Wildman–Crippen LogP) is 8.13. The average molecular weight is 589 g/mol. The lowest BCUT2D eigenvalue weighted by atomic mass is 10.0. The number of rotatable bonds is 6. The second-order valence-corrected chi connectivity index (χ2v) is 10.6. The van der Waals surface area contributed by atoms with E-state index in [2.05, 4.69) is 31.2 Å². The fourth-order valence-electron chi connectivity index (χ4n) is 5.02. The van der Waals surface area contributed by atoms with Crippen molar-refractivity contribution in [2.24, 2.45) is 0 Å². The largest absolute Gasteiger partial charge is 0.487 e. The van der Waals surface area contributed by atoms with Crippen molar-refractivity contribution in [2.45, 2.75) is 13.5 Å². The maximum absolute atomic E-state index is 13.7. The molecular formula is C35H25ClN2O3S. The fourth-order valence-corrected chi connectivity index (χ4v) is 5.64. The van der Waals surface area contributed by atoms with Gasteiger partial charge in [0.15, 0.2) is 5.11 Å². The molecule has 2 amide bonds. The van der Waals surface area contributed by atoms with E-state index in [9.17, 15) is 9.59 Å². The van der Waals surface area contributed by atoms with Gasteiger partial charge in [0.05, 0.1) is 16.4 Å². The van der Waals surface area contributed by atoms with Gasteiger partial charge in [0.25, 0.3) is 11.8 Å². The number of thiocarbonyl (C=S) groups is 1.